The Hall–Kier alpha value is -3.58. The van der Waals surface area contributed by atoms with Gasteiger partial charge in [-0.25, -0.2) is 0 Å². The average molecular weight is 342 g/mol. The van der Waals surface area contributed by atoms with Crippen LogP contribution in [0.3, 0.4) is 0 Å². The maximum Gasteiger partial charge on any atom is 0.255 e. The predicted molar refractivity (Wildman–Crippen MR) is 101 cm³/mol. The number of carbonyl (C=O) groups is 1. The first-order valence-corrected chi connectivity index (χ1v) is 8.28. The lowest BCUT2D eigenvalue weighted by molar-refractivity contribution is 0.102. The van der Waals surface area contributed by atoms with Crippen LogP contribution in [0.5, 0.6) is 5.75 Å². The molecule has 4 heteroatoms. The fourth-order valence-corrected chi connectivity index (χ4v) is 2.44. The van der Waals surface area contributed by atoms with Gasteiger partial charge in [0, 0.05) is 11.3 Å². The molecule has 0 radical (unpaired) electrons. The third kappa shape index (κ3) is 4.71. The number of para-hydroxylation sites is 1. The smallest absolute Gasteiger partial charge is 0.255 e. The van der Waals surface area contributed by atoms with Gasteiger partial charge in [0.2, 0.25) is 0 Å². The molecule has 3 aromatic rings. The second-order valence-electron chi connectivity index (χ2n) is 5.78. The van der Waals surface area contributed by atoms with Crippen molar-refractivity contribution in [1.82, 2.24) is 0 Å². The molecule has 0 heterocycles. The van der Waals surface area contributed by atoms with Crippen LogP contribution in [-0.2, 0) is 13.0 Å². The normalized spacial score (nSPS) is 9.96. The predicted octanol–water partition coefficient (Wildman–Crippen LogP) is 4.58. The van der Waals surface area contributed by atoms with Gasteiger partial charge in [0.25, 0.3) is 5.91 Å². The summed E-state index contributed by atoms with van der Waals surface area (Å²) in [5.41, 5.74) is 3.20. The van der Waals surface area contributed by atoms with Crippen LogP contribution in [0.1, 0.15) is 21.5 Å². The highest BCUT2D eigenvalue weighted by molar-refractivity contribution is 6.04. The molecule has 0 unspecified atom stereocenters. The zero-order chi connectivity index (χ0) is 18.2. The maximum atomic E-state index is 12.3. The first-order valence-electron chi connectivity index (χ1n) is 8.28. The van der Waals surface area contributed by atoms with Gasteiger partial charge in [-0.1, -0.05) is 42.5 Å². The summed E-state index contributed by atoms with van der Waals surface area (Å²) in [4.78, 5) is 12.3. The lowest BCUT2D eigenvalue weighted by Crippen LogP contribution is -2.12. The van der Waals surface area contributed by atoms with E-state index in [9.17, 15) is 4.79 Å². The molecule has 0 aliphatic carbocycles. The number of hydrogen-bond acceptors (Lipinski definition) is 3. The van der Waals surface area contributed by atoms with E-state index in [-0.39, 0.29) is 5.91 Å². The van der Waals surface area contributed by atoms with Crippen molar-refractivity contribution in [2.75, 3.05) is 5.32 Å². The number of carbonyl (C=O) groups excluding carboxylic acids is 1. The summed E-state index contributed by atoms with van der Waals surface area (Å²) < 4.78 is 5.70. The summed E-state index contributed by atoms with van der Waals surface area (Å²) >= 11 is 0. The monoisotopic (exact) mass is 342 g/mol. The summed E-state index contributed by atoms with van der Waals surface area (Å²) in [7, 11) is 0. The molecular formula is C22H18N2O2. The van der Waals surface area contributed by atoms with Crippen LogP contribution in [0.2, 0.25) is 0 Å². The van der Waals surface area contributed by atoms with Gasteiger partial charge in [0.1, 0.15) is 12.4 Å². The number of rotatable bonds is 6. The van der Waals surface area contributed by atoms with Crippen molar-refractivity contribution in [2.24, 2.45) is 0 Å². The second kappa shape index (κ2) is 8.50. The van der Waals surface area contributed by atoms with Crippen molar-refractivity contribution < 1.29 is 9.53 Å². The number of hydrogen-bond donors (Lipinski definition) is 1. The highest BCUT2D eigenvalue weighted by Crippen LogP contribution is 2.14. The largest absolute Gasteiger partial charge is 0.489 e. The van der Waals surface area contributed by atoms with Crippen LogP contribution >= 0.6 is 0 Å². The lowest BCUT2D eigenvalue weighted by atomic mass is 10.1. The highest BCUT2D eigenvalue weighted by Gasteiger charge is 2.06. The Labute approximate surface area is 152 Å². The first-order chi connectivity index (χ1) is 12.7. The maximum absolute atomic E-state index is 12.3. The molecule has 0 saturated heterocycles. The van der Waals surface area contributed by atoms with Gasteiger partial charge < -0.3 is 10.1 Å². The number of nitrogens with one attached hydrogen (secondary N) is 1. The third-order valence-electron chi connectivity index (χ3n) is 3.86. The van der Waals surface area contributed by atoms with Crippen LogP contribution in [-0.4, -0.2) is 5.91 Å². The minimum Gasteiger partial charge on any atom is -0.489 e. The van der Waals surface area contributed by atoms with Gasteiger partial charge in [0.05, 0.1) is 12.5 Å². The Morgan fingerprint density at radius 1 is 0.885 bits per heavy atom. The van der Waals surface area contributed by atoms with Gasteiger partial charge >= 0.3 is 0 Å². The molecule has 0 atom stereocenters. The van der Waals surface area contributed by atoms with Crippen molar-refractivity contribution in [2.45, 2.75) is 13.0 Å². The molecule has 0 bridgehead atoms. The quantitative estimate of drug-likeness (QED) is 0.713. The average Bonchev–Trinajstić information content (AvgIpc) is 2.69. The Kier molecular flexibility index (Phi) is 5.64. The second-order valence-corrected chi connectivity index (χ2v) is 5.78. The summed E-state index contributed by atoms with van der Waals surface area (Å²) in [6, 6.07) is 26.3. The molecule has 3 rings (SSSR count). The van der Waals surface area contributed by atoms with E-state index < -0.39 is 0 Å². The van der Waals surface area contributed by atoms with Crippen molar-refractivity contribution in [3.05, 3.63) is 95.6 Å². The topological polar surface area (TPSA) is 62.1 Å². The molecule has 26 heavy (non-hydrogen) atoms. The lowest BCUT2D eigenvalue weighted by Gasteiger charge is -2.08. The van der Waals surface area contributed by atoms with Gasteiger partial charge in [0.15, 0.2) is 0 Å². The molecule has 0 spiro atoms. The number of nitriles is 1. The van der Waals surface area contributed by atoms with Gasteiger partial charge in [-0.05, 0) is 47.5 Å². The molecule has 3 aromatic carbocycles. The van der Waals surface area contributed by atoms with E-state index >= 15 is 0 Å². The molecule has 1 N–H and O–H groups in total. The van der Waals surface area contributed by atoms with E-state index in [4.69, 9.17) is 10.00 Å². The SMILES string of the molecule is N#CCc1ccc(NC(=O)c2ccc(COc3ccccc3)cc2)cc1. The van der Waals surface area contributed by atoms with Crippen molar-refractivity contribution in [3.63, 3.8) is 0 Å². The number of benzene rings is 3. The molecule has 4 nitrogen and oxygen atoms in total. The minimum absolute atomic E-state index is 0.173. The van der Waals surface area contributed by atoms with E-state index in [1.165, 1.54) is 0 Å². The first kappa shape index (κ1) is 17.2. The summed E-state index contributed by atoms with van der Waals surface area (Å²) in [6.45, 7) is 0.451. The Balaban J connectivity index is 1.57. The van der Waals surface area contributed by atoms with E-state index in [0.29, 0.717) is 24.3 Å². The molecule has 1 amide bonds. The molecule has 0 saturated carbocycles. The Morgan fingerprint density at radius 2 is 1.54 bits per heavy atom. The van der Waals surface area contributed by atoms with Crippen molar-refractivity contribution >= 4 is 11.6 Å². The number of nitrogens with zero attached hydrogens (tertiary/aromatic N) is 1. The number of amides is 1. The van der Waals surface area contributed by atoms with Crippen LogP contribution in [0.4, 0.5) is 5.69 Å². The summed E-state index contributed by atoms with van der Waals surface area (Å²) in [6.07, 6.45) is 0.362. The summed E-state index contributed by atoms with van der Waals surface area (Å²) in [5, 5.41) is 11.5. The van der Waals surface area contributed by atoms with E-state index in [1.807, 2.05) is 54.6 Å². The minimum atomic E-state index is -0.173. The van der Waals surface area contributed by atoms with E-state index in [1.54, 1.807) is 24.3 Å². The van der Waals surface area contributed by atoms with E-state index in [2.05, 4.69) is 11.4 Å². The fourth-order valence-electron chi connectivity index (χ4n) is 2.44. The molecule has 0 aliphatic heterocycles. The molecule has 0 aromatic heterocycles. The molecular weight excluding hydrogens is 324 g/mol. The number of anilines is 1. The number of ether oxygens (including phenoxy) is 1. The molecule has 0 aliphatic rings. The van der Waals surface area contributed by atoms with Crippen LogP contribution in [0, 0.1) is 11.3 Å². The highest BCUT2D eigenvalue weighted by atomic mass is 16.5. The van der Waals surface area contributed by atoms with Crippen LogP contribution in [0.15, 0.2) is 78.9 Å². The van der Waals surface area contributed by atoms with Gasteiger partial charge in [-0.15, -0.1) is 0 Å². The molecule has 0 fully saturated rings. The zero-order valence-electron chi connectivity index (χ0n) is 14.2. The Morgan fingerprint density at radius 3 is 2.19 bits per heavy atom. The van der Waals surface area contributed by atoms with E-state index in [0.717, 1.165) is 16.9 Å². The zero-order valence-corrected chi connectivity index (χ0v) is 14.2. The van der Waals surface area contributed by atoms with Crippen molar-refractivity contribution in [1.29, 1.82) is 5.26 Å². The van der Waals surface area contributed by atoms with Gasteiger partial charge in [-0.2, -0.15) is 5.26 Å². The van der Waals surface area contributed by atoms with Crippen LogP contribution < -0.4 is 10.1 Å². The third-order valence-corrected chi connectivity index (χ3v) is 3.86. The summed E-state index contributed by atoms with van der Waals surface area (Å²) in [5.74, 6) is 0.641. The van der Waals surface area contributed by atoms with Crippen LogP contribution in [0.25, 0.3) is 0 Å². The standard InChI is InChI=1S/C22H18N2O2/c23-15-14-17-8-12-20(13-9-17)24-22(25)19-10-6-18(7-11-19)16-26-21-4-2-1-3-5-21/h1-13H,14,16H2,(H,24,25). The fraction of sp³-hybridized carbons (Fsp3) is 0.0909. The Bertz CT molecular complexity index is 896. The van der Waals surface area contributed by atoms with Crippen molar-refractivity contribution in [3.8, 4) is 11.8 Å². The van der Waals surface area contributed by atoms with Gasteiger partial charge in [-0.3, -0.25) is 4.79 Å². The molecule has 128 valence electrons.